The molecular weight excluding hydrogens is 580 g/mol. The fourth-order valence-corrected chi connectivity index (χ4v) is 4.78. The van der Waals surface area contributed by atoms with Gasteiger partial charge in [0.25, 0.3) is 0 Å². The Morgan fingerprint density at radius 3 is 2.64 bits per heavy atom. The van der Waals surface area contributed by atoms with Crippen molar-refractivity contribution in [2.75, 3.05) is 5.32 Å². The monoisotopic (exact) mass is 606 g/mol. The van der Waals surface area contributed by atoms with E-state index in [0.717, 1.165) is 11.1 Å². The highest BCUT2D eigenvalue weighted by Gasteiger charge is 2.18. The molecule has 0 fully saturated rings. The fourth-order valence-electron chi connectivity index (χ4n) is 4.60. The number of aromatic nitrogens is 6. The summed E-state index contributed by atoms with van der Waals surface area (Å²) in [5.74, 6) is -0.340. The van der Waals surface area contributed by atoms with E-state index in [1.54, 1.807) is 61.7 Å². The minimum Gasteiger partial charge on any atom is -0.508 e. The van der Waals surface area contributed by atoms with E-state index in [9.17, 15) is 14.7 Å². The van der Waals surface area contributed by atoms with Crippen molar-refractivity contribution in [3.05, 3.63) is 125 Å². The quantitative estimate of drug-likeness (QED) is 0.103. The molecule has 2 amide bonds. The van der Waals surface area contributed by atoms with Gasteiger partial charge in [-0.1, -0.05) is 48.0 Å². The molecule has 2 aromatic heterocycles. The van der Waals surface area contributed by atoms with E-state index in [4.69, 9.17) is 11.6 Å². The summed E-state index contributed by atoms with van der Waals surface area (Å²) in [6, 6.07) is 21.5. The molecule has 0 aliphatic rings. The maximum Gasteiger partial charge on any atom is 0.244 e. The Balaban J connectivity index is 1.45. The van der Waals surface area contributed by atoms with Crippen molar-refractivity contribution in [2.24, 2.45) is 0 Å². The average molecular weight is 607 g/mol. The summed E-state index contributed by atoms with van der Waals surface area (Å²) in [6.07, 6.45) is 8.67. The molecule has 12 heteroatoms. The molecule has 0 saturated heterocycles. The smallest absolute Gasteiger partial charge is 0.244 e. The lowest BCUT2D eigenvalue weighted by Gasteiger charge is -2.18. The predicted molar refractivity (Wildman–Crippen MR) is 168 cm³/mol. The van der Waals surface area contributed by atoms with Gasteiger partial charge in [-0.25, -0.2) is 0 Å². The first-order chi connectivity index (χ1) is 21.4. The number of carbonyl (C=O) groups excluding carboxylic acids is 2. The lowest BCUT2D eigenvalue weighted by Crippen LogP contribution is -2.29. The third kappa shape index (κ3) is 7.20. The van der Waals surface area contributed by atoms with Crippen LogP contribution in [0, 0.1) is 0 Å². The van der Waals surface area contributed by atoms with Gasteiger partial charge in [0.05, 0.1) is 29.3 Å². The van der Waals surface area contributed by atoms with Crippen LogP contribution in [-0.2, 0) is 16.0 Å². The van der Waals surface area contributed by atoms with Crippen LogP contribution in [0.5, 0.6) is 0 Å². The SMILES string of the molecule is C/C=C(/O)c1cc(-c2cnnc([C@H](Cc3ccccc3)NC(=O)/C=C/c3cc(Cl)ccc3-n3cnnn3)c2)ccc1NC=O. The highest BCUT2D eigenvalue weighted by Crippen LogP contribution is 2.30. The van der Waals surface area contributed by atoms with E-state index in [1.807, 2.05) is 36.4 Å². The van der Waals surface area contributed by atoms with E-state index in [2.05, 4.69) is 36.4 Å². The van der Waals surface area contributed by atoms with Gasteiger partial charge in [-0.3, -0.25) is 9.59 Å². The van der Waals surface area contributed by atoms with Crippen LogP contribution in [0.1, 0.15) is 35.3 Å². The summed E-state index contributed by atoms with van der Waals surface area (Å²) in [7, 11) is 0. The second kappa shape index (κ2) is 14.0. The molecule has 0 spiro atoms. The Kier molecular flexibility index (Phi) is 9.48. The first-order valence-corrected chi connectivity index (χ1v) is 13.9. The number of nitrogens with zero attached hydrogens (tertiary/aromatic N) is 6. The molecule has 0 bridgehead atoms. The van der Waals surface area contributed by atoms with E-state index in [-0.39, 0.29) is 11.7 Å². The van der Waals surface area contributed by atoms with Gasteiger partial charge in [-0.2, -0.15) is 14.9 Å². The van der Waals surface area contributed by atoms with E-state index in [1.165, 1.54) is 17.1 Å². The molecule has 3 aromatic carbocycles. The van der Waals surface area contributed by atoms with Crippen LogP contribution in [-0.4, -0.2) is 47.8 Å². The molecule has 5 rings (SSSR count). The lowest BCUT2D eigenvalue weighted by molar-refractivity contribution is -0.117. The van der Waals surface area contributed by atoms with Gasteiger partial charge in [0.2, 0.25) is 12.3 Å². The molecule has 0 unspecified atom stereocenters. The molecule has 0 aliphatic carbocycles. The number of aliphatic hydroxyl groups excluding tert-OH is 1. The molecule has 5 aromatic rings. The molecule has 11 nitrogen and oxygen atoms in total. The van der Waals surface area contributed by atoms with Crippen molar-refractivity contribution in [3.63, 3.8) is 0 Å². The first kappa shape index (κ1) is 29.8. The average Bonchev–Trinajstić information content (AvgIpc) is 3.59. The van der Waals surface area contributed by atoms with E-state index in [0.29, 0.717) is 51.6 Å². The van der Waals surface area contributed by atoms with Gasteiger partial charge >= 0.3 is 0 Å². The Morgan fingerprint density at radius 1 is 1.05 bits per heavy atom. The molecule has 0 saturated carbocycles. The highest BCUT2D eigenvalue weighted by atomic mass is 35.5. The Morgan fingerprint density at radius 2 is 1.89 bits per heavy atom. The van der Waals surface area contributed by atoms with Gasteiger partial charge in [-0.15, -0.1) is 5.10 Å². The van der Waals surface area contributed by atoms with Crippen LogP contribution in [0.4, 0.5) is 5.69 Å². The number of halogens is 1. The van der Waals surface area contributed by atoms with Crippen molar-refractivity contribution >= 4 is 41.4 Å². The van der Waals surface area contributed by atoms with Crippen molar-refractivity contribution in [2.45, 2.75) is 19.4 Å². The number of carbonyl (C=O) groups is 2. The largest absolute Gasteiger partial charge is 0.508 e. The van der Waals surface area contributed by atoms with Crippen molar-refractivity contribution in [1.29, 1.82) is 0 Å². The maximum absolute atomic E-state index is 13.3. The minimum atomic E-state index is -0.528. The zero-order chi connectivity index (χ0) is 30.9. The lowest BCUT2D eigenvalue weighted by atomic mass is 9.98. The summed E-state index contributed by atoms with van der Waals surface area (Å²) < 4.78 is 1.48. The minimum absolute atomic E-state index is 0.0161. The standard InChI is InChI=1S/C32H27ClN8O3/c1-2-31(43)26-16-22(8-11-27(26)34-20-42)24-17-29(38-35-18-24)28(14-21-6-4-3-5-7-21)37-32(44)13-9-23-15-25(33)10-12-30(23)41-19-36-39-40-41/h2-13,15-20,28,43H,14H2,1H3,(H,34,42)(H,37,44)/b13-9+,31-2+/t28-/m0/s1. The molecule has 3 N–H and O–H groups in total. The zero-order valence-corrected chi connectivity index (χ0v) is 24.3. The van der Waals surface area contributed by atoms with Gasteiger partial charge in [-0.05, 0) is 83.4 Å². The molecule has 1 atom stereocenters. The number of hydrogen-bond donors (Lipinski definition) is 3. The normalized spacial score (nSPS) is 12.2. The van der Waals surface area contributed by atoms with Gasteiger partial charge in [0.15, 0.2) is 0 Å². The molecule has 220 valence electrons. The number of rotatable bonds is 11. The highest BCUT2D eigenvalue weighted by molar-refractivity contribution is 6.30. The topological polar surface area (TPSA) is 148 Å². The van der Waals surface area contributed by atoms with Gasteiger partial charge in [0, 0.05) is 27.8 Å². The second-order valence-electron chi connectivity index (χ2n) is 9.61. The third-order valence-electron chi connectivity index (χ3n) is 6.75. The predicted octanol–water partition coefficient (Wildman–Crippen LogP) is 5.37. The van der Waals surface area contributed by atoms with Crippen molar-refractivity contribution < 1.29 is 14.7 Å². The number of anilines is 1. The Bertz CT molecular complexity index is 1830. The molecule has 0 aliphatic heterocycles. The van der Waals surface area contributed by atoms with Crippen LogP contribution in [0.15, 0.2) is 97.5 Å². The molecule has 0 radical (unpaired) electrons. The number of nitrogens with one attached hydrogen (secondary N) is 2. The number of amides is 2. The molecule has 44 heavy (non-hydrogen) atoms. The van der Waals surface area contributed by atoms with Crippen LogP contribution >= 0.6 is 11.6 Å². The zero-order valence-electron chi connectivity index (χ0n) is 23.5. The fraction of sp³-hybridized carbons (Fsp3) is 0.0938. The van der Waals surface area contributed by atoms with Gasteiger partial charge in [0.1, 0.15) is 12.1 Å². The van der Waals surface area contributed by atoms with Crippen LogP contribution in [0.25, 0.3) is 28.6 Å². The van der Waals surface area contributed by atoms with Crippen LogP contribution in [0.2, 0.25) is 5.02 Å². The van der Waals surface area contributed by atoms with Gasteiger partial charge < -0.3 is 15.7 Å². The number of hydrogen-bond acceptors (Lipinski definition) is 8. The molecule has 2 heterocycles. The number of aliphatic hydroxyl groups is 1. The Labute approximate surface area is 257 Å². The maximum atomic E-state index is 13.3. The summed E-state index contributed by atoms with van der Waals surface area (Å²) in [4.78, 5) is 24.4. The Hall–Kier alpha value is -5.68. The van der Waals surface area contributed by atoms with E-state index >= 15 is 0 Å². The number of tetrazole rings is 1. The summed E-state index contributed by atoms with van der Waals surface area (Å²) in [6.45, 7) is 1.70. The number of benzene rings is 3. The van der Waals surface area contributed by atoms with E-state index < -0.39 is 6.04 Å². The first-order valence-electron chi connectivity index (χ1n) is 13.5. The van der Waals surface area contributed by atoms with Crippen LogP contribution in [0.3, 0.4) is 0 Å². The van der Waals surface area contributed by atoms with Crippen molar-refractivity contribution in [1.82, 2.24) is 35.7 Å². The summed E-state index contributed by atoms with van der Waals surface area (Å²) in [5.41, 5.74) is 5.20. The second-order valence-corrected chi connectivity index (χ2v) is 10.0. The summed E-state index contributed by atoms with van der Waals surface area (Å²) >= 11 is 6.23. The number of allylic oxidation sites excluding steroid dienone is 1. The summed E-state index contributed by atoms with van der Waals surface area (Å²) in [5, 5.41) is 36.5. The van der Waals surface area contributed by atoms with Crippen LogP contribution < -0.4 is 10.6 Å². The van der Waals surface area contributed by atoms with Crippen molar-refractivity contribution in [3.8, 4) is 16.8 Å². The third-order valence-corrected chi connectivity index (χ3v) is 6.98. The molecular formula is C32H27ClN8O3.